The molecule has 1 aromatic carbocycles. The van der Waals surface area contributed by atoms with E-state index in [1.54, 1.807) is 29.2 Å². The summed E-state index contributed by atoms with van der Waals surface area (Å²) in [7, 11) is 0. The molecule has 23 heavy (non-hydrogen) atoms. The van der Waals surface area contributed by atoms with E-state index in [9.17, 15) is 4.79 Å². The molecule has 0 aliphatic carbocycles. The molecule has 2 aromatic rings. The Labute approximate surface area is 133 Å². The van der Waals surface area contributed by atoms with Crippen LogP contribution in [0.15, 0.2) is 36.7 Å². The van der Waals surface area contributed by atoms with E-state index in [0.29, 0.717) is 43.4 Å². The fourth-order valence-corrected chi connectivity index (χ4v) is 2.21. The molecular weight excluding hydrogens is 294 g/mol. The number of hydrogen-bond donors (Lipinski definition) is 1. The first-order valence-corrected chi connectivity index (χ1v) is 7.22. The number of benzene rings is 1. The van der Waals surface area contributed by atoms with Crippen molar-refractivity contribution in [2.75, 3.05) is 31.6 Å². The predicted octanol–water partition coefficient (Wildman–Crippen LogP) is 1.56. The van der Waals surface area contributed by atoms with Crippen LogP contribution < -0.4 is 5.32 Å². The molecule has 2 heterocycles. The van der Waals surface area contributed by atoms with Gasteiger partial charge >= 0.3 is 0 Å². The third-order valence-electron chi connectivity index (χ3n) is 3.46. The highest BCUT2D eigenvalue weighted by Crippen LogP contribution is 2.14. The molecule has 0 bridgehead atoms. The second-order valence-electron chi connectivity index (χ2n) is 5.01. The van der Waals surface area contributed by atoms with Crippen LogP contribution in [0.5, 0.6) is 0 Å². The Morgan fingerprint density at radius 1 is 1.17 bits per heavy atom. The summed E-state index contributed by atoms with van der Waals surface area (Å²) in [4.78, 5) is 22.4. The Kier molecular flexibility index (Phi) is 4.45. The average Bonchev–Trinajstić information content (AvgIpc) is 2.63. The minimum Gasteiger partial charge on any atom is -0.378 e. The molecule has 0 unspecified atom stereocenters. The van der Waals surface area contributed by atoms with E-state index in [1.165, 1.54) is 12.4 Å². The van der Waals surface area contributed by atoms with Crippen LogP contribution in [0.2, 0.25) is 0 Å². The summed E-state index contributed by atoms with van der Waals surface area (Å²) in [6, 6.07) is 9.06. The van der Waals surface area contributed by atoms with Crippen molar-refractivity contribution in [1.82, 2.24) is 14.9 Å². The van der Waals surface area contributed by atoms with Gasteiger partial charge < -0.3 is 15.0 Å². The van der Waals surface area contributed by atoms with Crippen molar-refractivity contribution in [1.29, 1.82) is 5.26 Å². The lowest BCUT2D eigenvalue weighted by atomic mass is 10.2. The van der Waals surface area contributed by atoms with Crippen LogP contribution in [0, 0.1) is 11.3 Å². The van der Waals surface area contributed by atoms with Gasteiger partial charge in [-0.2, -0.15) is 5.26 Å². The summed E-state index contributed by atoms with van der Waals surface area (Å²) in [6.45, 7) is 2.26. The van der Waals surface area contributed by atoms with Crippen molar-refractivity contribution in [2.24, 2.45) is 0 Å². The van der Waals surface area contributed by atoms with Gasteiger partial charge in [-0.05, 0) is 24.3 Å². The highest BCUT2D eigenvalue weighted by atomic mass is 16.5. The van der Waals surface area contributed by atoms with Gasteiger partial charge in [-0.25, -0.2) is 9.97 Å². The first-order chi connectivity index (χ1) is 11.3. The molecule has 1 aromatic heterocycles. The largest absolute Gasteiger partial charge is 0.378 e. The molecule has 7 heteroatoms. The van der Waals surface area contributed by atoms with Gasteiger partial charge in [-0.1, -0.05) is 0 Å². The van der Waals surface area contributed by atoms with Crippen LogP contribution in [0.1, 0.15) is 16.1 Å². The number of anilines is 2. The molecule has 7 nitrogen and oxygen atoms in total. The van der Waals surface area contributed by atoms with Crippen molar-refractivity contribution in [3.05, 3.63) is 47.9 Å². The average molecular weight is 309 g/mol. The first kappa shape index (κ1) is 14.9. The smallest absolute Gasteiger partial charge is 0.274 e. The summed E-state index contributed by atoms with van der Waals surface area (Å²) < 4.78 is 5.23. The molecular formula is C16H15N5O2. The zero-order chi connectivity index (χ0) is 16.1. The number of nitrogens with one attached hydrogen (secondary N) is 1. The predicted molar refractivity (Wildman–Crippen MR) is 83.2 cm³/mol. The lowest BCUT2D eigenvalue weighted by Crippen LogP contribution is -2.41. The van der Waals surface area contributed by atoms with Crippen LogP contribution >= 0.6 is 0 Å². The number of nitriles is 1. The Morgan fingerprint density at radius 2 is 1.91 bits per heavy atom. The molecule has 0 spiro atoms. The topological polar surface area (TPSA) is 91.1 Å². The molecule has 0 radical (unpaired) electrons. The number of aromatic nitrogens is 2. The fraction of sp³-hybridized carbons (Fsp3) is 0.250. The van der Waals surface area contributed by atoms with Crippen molar-refractivity contribution in [3.63, 3.8) is 0 Å². The summed E-state index contributed by atoms with van der Waals surface area (Å²) in [5.41, 5.74) is 1.70. The molecule has 1 aliphatic heterocycles. The number of carbonyl (C=O) groups is 1. The summed E-state index contributed by atoms with van der Waals surface area (Å²) in [6.07, 6.45) is 2.98. The van der Waals surface area contributed by atoms with Gasteiger partial charge in [0.25, 0.3) is 5.91 Å². The van der Waals surface area contributed by atoms with E-state index in [2.05, 4.69) is 21.4 Å². The van der Waals surface area contributed by atoms with Crippen LogP contribution in [-0.4, -0.2) is 47.1 Å². The van der Waals surface area contributed by atoms with Crippen molar-refractivity contribution in [2.45, 2.75) is 0 Å². The number of morpholine rings is 1. The van der Waals surface area contributed by atoms with Gasteiger partial charge in [0.15, 0.2) is 0 Å². The molecule has 1 fully saturated rings. The zero-order valence-corrected chi connectivity index (χ0v) is 12.4. The molecule has 0 saturated carbocycles. The highest BCUT2D eigenvalue weighted by molar-refractivity contribution is 5.92. The van der Waals surface area contributed by atoms with E-state index in [4.69, 9.17) is 10.00 Å². The Bertz CT molecular complexity index is 716. The maximum atomic E-state index is 12.3. The lowest BCUT2D eigenvalue weighted by molar-refractivity contribution is 0.0298. The zero-order valence-electron chi connectivity index (χ0n) is 12.4. The second-order valence-corrected chi connectivity index (χ2v) is 5.01. The Morgan fingerprint density at radius 3 is 2.52 bits per heavy atom. The van der Waals surface area contributed by atoms with Gasteiger partial charge in [0.2, 0.25) is 0 Å². The molecule has 1 N–H and O–H groups in total. The highest BCUT2D eigenvalue weighted by Gasteiger charge is 2.19. The number of hydrogen-bond acceptors (Lipinski definition) is 6. The number of ether oxygens (including phenoxy) is 1. The Hall–Kier alpha value is -2.98. The third kappa shape index (κ3) is 3.62. The molecule has 1 aliphatic rings. The van der Waals surface area contributed by atoms with E-state index in [0.717, 1.165) is 5.69 Å². The number of nitrogens with zero attached hydrogens (tertiary/aromatic N) is 4. The minimum absolute atomic E-state index is 0.134. The van der Waals surface area contributed by atoms with E-state index < -0.39 is 0 Å². The monoisotopic (exact) mass is 309 g/mol. The summed E-state index contributed by atoms with van der Waals surface area (Å²) in [5.74, 6) is 0.402. The van der Waals surface area contributed by atoms with Crippen LogP contribution in [0.25, 0.3) is 0 Å². The van der Waals surface area contributed by atoms with Crippen molar-refractivity contribution < 1.29 is 9.53 Å². The van der Waals surface area contributed by atoms with Crippen molar-refractivity contribution in [3.8, 4) is 6.07 Å². The van der Waals surface area contributed by atoms with Crippen LogP contribution in [0.3, 0.4) is 0 Å². The van der Waals surface area contributed by atoms with Gasteiger partial charge in [0, 0.05) is 18.8 Å². The van der Waals surface area contributed by atoms with E-state index in [-0.39, 0.29) is 5.91 Å². The molecule has 116 valence electrons. The maximum Gasteiger partial charge on any atom is 0.274 e. The lowest BCUT2D eigenvalue weighted by Gasteiger charge is -2.26. The van der Waals surface area contributed by atoms with Crippen molar-refractivity contribution >= 4 is 17.4 Å². The summed E-state index contributed by atoms with van der Waals surface area (Å²) in [5, 5.41) is 11.8. The summed E-state index contributed by atoms with van der Waals surface area (Å²) >= 11 is 0. The molecule has 3 rings (SSSR count). The second kappa shape index (κ2) is 6.85. The van der Waals surface area contributed by atoms with Crippen LogP contribution in [0.4, 0.5) is 11.5 Å². The minimum atomic E-state index is -0.134. The number of carbonyl (C=O) groups excluding carboxylic acids is 1. The fourth-order valence-electron chi connectivity index (χ4n) is 2.21. The maximum absolute atomic E-state index is 12.3. The van der Waals surface area contributed by atoms with Gasteiger partial charge in [-0.3, -0.25) is 4.79 Å². The van der Waals surface area contributed by atoms with Gasteiger partial charge in [-0.15, -0.1) is 0 Å². The number of amides is 1. The third-order valence-corrected chi connectivity index (χ3v) is 3.46. The number of rotatable bonds is 3. The molecule has 1 amide bonds. The first-order valence-electron chi connectivity index (χ1n) is 7.22. The van der Waals surface area contributed by atoms with E-state index >= 15 is 0 Å². The Balaban J connectivity index is 1.66. The quantitative estimate of drug-likeness (QED) is 0.925. The molecule has 1 saturated heterocycles. The normalized spacial score (nSPS) is 14.1. The van der Waals surface area contributed by atoms with E-state index in [1.807, 2.05) is 0 Å². The van der Waals surface area contributed by atoms with Gasteiger partial charge in [0.1, 0.15) is 11.5 Å². The van der Waals surface area contributed by atoms with Crippen LogP contribution in [-0.2, 0) is 4.74 Å². The standard InChI is InChI=1S/C16H15N5O2/c17-9-12-1-3-13(4-2-12)20-15-11-18-14(10-19-15)16(22)21-5-7-23-8-6-21/h1-4,10-11H,5-8H2,(H,19,20). The molecule has 0 atom stereocenters. The van der Waals surface area contributed by atoms with Gasteiger partial charge in [0.05, 0.1) is 37.2 Å². The SMILES string of the molecule is N#Cc1ccc(Nc2cnc(C(=O)N3CCOCC3)cn2)cc1.